The number of amides is 1. The zero-order chi connectivity index (χ0) is 19.4. The number of pyridine rings is 1. The summed E-state index contributed by atoms with van der Waals surface area (Å²) >= 11 is 0. The Hall–Kier alpha value is -3.15. The molecule has 0 radical (unpaired) electrons. The Balaban J connectivity index is 1.79. The van der Waals surface area contributed by atoms with Crippen molar-refractivity contribution in [2.45, 2.75) is 39.8 Å². The molecule has 2 heterocycles. The molecule has 6 heteroatoms. The molecule has 27 heavy (non-hydrogen) atoms. The fourth-order valence-electron chi connectivity index (χ4n) is 2.97. The van der Waals surface area contributed by atoms with E-state index in [1.807, 2.05) is 38.1 Å². The van der Waals surface area contributed by atoms with Crippen molar-refractivity contribution in [3.8, 4) is 0 Å². The van der Waals surface area contributed by atoms with Gasteiger partial charge in [0.05, 0.1) is 23.9 Å². The van der Waals surface area contributed by atoms with E-state index in [-0.39, 0.29) is 12.5 Å². The maximum Gasteiger partial charge on any atom is 0.339 e. The lowest BCUT2D eigenvalue weighted by Gasteiger charge is -2.16. The van der Waals surface area contributed by atoms with Crippen molar-refractivity contribution >= 4 is 22.8 Å². The molecule has 2 aromatic heterocycles. The number of hydrogen-bond acceptors (Lipinski definition) is 5. The second-order valence-corrected chi connectivity index (χ2v) is 6.27. The van der Waals surface area contributed by atoms with Crippen molar-refractivity contribution in [3.05, 3.63) is 65.2 Å². The summed E-state index contributed by atoms with van der Waals surface area (Å²) in [4.78, 5) is 29.7. The van der Waals surface area contributed by atoms with Gasteiger partial charge in [-0.25, -0.2) is 4.79 Å². The largest absolute Gasteiger partial charge is 0.467 e. The number of aryl methyl sites for hydroxylation is 1. The second kappa shape index (κ2) is 8.03. The fraction of sp³-hybridized carbons (Fsp3) is 0.286. The first-order chi connectivity index (χ1) is 13.0. The SMILES string of the molecule is CCc1nc2ccccc2c(C(=O)OC(C)C(=O)NCc2ccco2)c1C. The number of carbonyl (C=O) groups excluding carboxylic acids is 2. The molecule has 1 N–H and O–H groups in total. The molecule has 1 amide bonds. The molecule has 1 aromatic carbocycles. The summed E-state index contributed by atoms with van der Waals surface area (Å²) in [5.74, 6) is -0.279. The predicted octanol–water partition coefficient (Wildman–Crippen LogP) is 3.56. The summed E-state index contributed by atoms with van der Waals surface area (Å²) in [6.45, 7) is 5.64. The fourth-order valence-corrected chi connectivity index (χ4v) is 2.97. The first-order valence-electron chi connectivity index (χ1n) is 8.90. The van der Waals surface area contributed by atoms with E-state index in [4.69, 9.17) is 9.15 Å². The molecule has 0 saturated heterocycles. The number of fused-ring (bicyclic) bond motifs is 1. The number of carbonyl (C=O) groups is 2. The van der Waals surface area contributed by atoms with Gasteiger partial charge in [0.1, 0.15) is 5.76 Å². The third kappa shape index (κ3) is 4.00. The lowest BCUT2D eigenvalue weighted by molar-refractivity contribution is -0.129. The predicted molar refractivity (Wildman–Crippen MR) is 101 cm³/mol. The van der Waals surface area contributed by atoms with E-state index in [2.05, 4.69) is 10.3 Å². The van der Waals surface area contributed by atoms with Gasteiger partial charge in [-0.1, -0.05) is 25.1 Å². The molecular formula is C21H22N2O4. The Morgan fingerprint density at radius 1 is 1.22 bits per heavy atom. The van der Waals surface area contributed by atoms with Crippen LogP contribution in [0.15, 0.2) is 47.1 Å². The van der Waals surface area contributed by atoms with Gasteiger partial charge in [-0.15, -0.1) is 0 Å². The third-order valence-corrected chi connectivity index (χ3v) is 4.45. The van der Waals surface area contributed by atoms with Gasteiger partial charge in [-0.2, -0.15) is 0 Å². The number of hydrogen-bond donors (Lipinski definition) is 1. The van der Waals surface area contributed by atoms with Crippen molar-refractivity contribution < 1.29 is 18.7 Å². The first kappa shape index (κ1) is 18.6. The number of aromatic nitrogens is 1. The molecule has 0 spiro atoms. The quantitative estimate of drug-likeness (QED) is 0.675. The van der Waals surface area contributed by atoms with Crippen LogP contribution in [0.4, 0.5) is 0 Å². The molecule has 140 valence electrons. The van der Waals surface area contributed by atoms with Gasteiger partial charge in [0.2, 0.25) is 0 Å². The highest BCUT2D eigenvalue weighted by Gasteiger charge is 2.23. The maximum absolute atomic E-state index is 12.8. The van der Waals surface area contributed by atoms with Crippen molar-refractivity contribution in [3.63, 3.8) is 0 Å². The van der Waals surface area contributed by atoms with Crippen LogP contribution in [0.1, 0.15) is 41.2 Å². The maximum atomic E-state index is 12.8. The van der Waals surface area contributed by atoms with Gasteiger partial charge < -0.3 is 14.5 Å². The number of para-hydroxylation sites is 1. The zero-order valence-corrected chi connectivity index (χ0v) is 15.6. The monoisotopic (exact) mass is 366 g/mol. The summed E-state index contributed by atoms with van der Waals surface area (Å²) in [5, 5.41) is 3.42. The van der Waals surface area contributed by atoms with Crippen LogP contribution in [0.2, 0.25) is 0 Å². The Morgan fingerprint density at radius 2 is 2.00 bits per heavy atom. The molecular weight excluding hydrogens is 344 g/mol. The summed E-state index contributed by atoms with van der Waals surface area (Å²) in [5.41, 5.74) is 2.82. The summed E-state index contributed by atoms with van der Waals surface area (Å²) in [7, 11) is 0. The Bertz CT molecular complexity index is 964. The Morgan fingerprint density at radius 3 is 2.70 bits per heavy atom. The van der Waals surface area contributed by atoms with Crippen LogP contribution >= 0.6 is 0 Å². The van der Waals surface area contributed by atoms with Crippen LogP contribution in [-0.4, -0.2) is 23.0 Å². The topological polar surface area (TPSA) is 81.4 Å². The minimum Gasteiger partial charge on any atom is -0.467 e. The number of furan rings is 1. The molecule has 0 saturated carbocycles. The summed E-state index contributed by atoms with van der Waals surface area (Å²) < 4.78 is 10.6. The van der Waals surface area contributed by atoms with Crippen LogP contribution < -0.4 is 5.32 Å². The van der Waals surface area contributed by atoms with Gasteiger partial charge in [-0.05, 0) is 44.0 Å². The number of nitrogens with zero attached hydrogens (tertiary/aromatic N) is 1. The summed E-state index contributed by atoms with van der Waals surface area (Å²) in [6.07, 6.45) is 1.31. The Labute approximate surface area is 157 Å². The van der Waals surface area contributed by atoms with Crippen LogP contribution in [0.5, 0.6) is 0 Å². The van der Waals surface area contributed by atoms with Crippen molar-refractivity contribution in [1.29, 1.82) is 0 Å². The van der Waals surface area contributed by atoms with E-state index in [0.29, 0.717) is 17.7 Å². The van der Waals surface area contributed by atoms with E-state index in [1.54, 1.807) is 19.1 Å². The molecule has 0 fully saturated rings. The van der Waals surface area contributed by atoms with Crippen LogP contribution in [0.25, 0.3) is 10.9 Å². The number of rotatable bonds is 6. The standard InChI is InChI=1S/C21H22N2O4/c1-4-17-13(2)19(16-9-5-6-10-18(16)23-17)21(25)27-14(3)20(24)22-12-15-8-7-11-26-15/h5-11,14H,4,12H2,1-3H3,(H,22,24). The highest BCUT2D eigenvalue weighted by molar-refractivity contribution is 6.05. The average Bonchev–Trinajstić information content (AvgIpc) is 3.18. The molecule has 1 atom stereocenters. The van der Waals surface area contributed by atoms with Crippen molar-refractivity contribution in [1.82, 2.24) is 10.3 Å². The van der Waals surface area contributed by atoms with Gasteiger partial charge in [-0.3, -0.25) is 9.78 Å². The normalized spacial score (nSPS) is 12.0. The van der Waals surface area contributed by atoms with Crippen molar-refractivity contribution in [2.75, 3.05) is 0 Å². The molecule has 3 rings (SSSR count). The molecule has 0 aliphatic rings. The Kier molecular flexibility index (Phi) is 5.54. The lowest BCUT2D eigenvalue weighted by Crippen LogP contribution is -2.35. The molecule has 1 unspecified atom stereocenters. The van der Waals surface area contributed by atoms with Crippen LogP contribution in [0.3, 0.4) is 0 Å². The van der Waals surface area contributed by atoms with Gasteiger partial charge in [0.25, 0.3) is 5.91 Å². The van der Waals surface area contributed by atoms with E-state index in [1.165, 1.54) is 6.26 Å². The van der Waals surface area contributed by atoms with Crippen LogP contribution in [0, 0.1) is 6.92 Å². The van der Waals surface area contributed by atoms with Gasteiger partial charge in [0.15, 0.2) is 6.10 Å². The average molecular weight is 366 g/mol. The zero-order valence-electron chi connectivity index (χ0n) is 15.6. The number of ether oxygens (including phenoxy) is 1. The molecule has 0 aliphatic heterocycles. The molecule has 3 aromatic rings. The highest BCUT2D eigenvalue weighted by Crippen LogP contribution is 2.24. The smallest absolute Gasteiger partial charge is 0.339 e. The number of esters is 1. The lowest BCUT2D eigenvalue weighted by atomic mass is 10.0. The van der Waals surface area contributed by atoms with E-state index in [9.17, 15) is 9.59 Å². The minimum atomic E-state index is -0.927. The van der Waals surface area contributed by atoms with Gasteiger partial charge >= 0.3 is 5.97 Å². The van der Waals surface area contributed by atoms with E-state index < -0.39 is 12.1 Å². The van der Waals surface area contributed by atoms with Crippen LogP contribution in [-0.2, 0) is 22.5 Å². The molecule has 6 nitrogen and oxygen atoms in total. The first-order valence-corrected chi connectivity index (χ1v) is 8.90. The molecule has 0 bridgehead atoms. The third-order valence-electron chi connectivity index (χ3n) is 4.45. The summed E-state index contributed by atoms with van der Waals surface area (Å²) in [6, 6.07) is 10.9. The van der Waals surface area contributed by atoms with E-state index in [0.717, 1.165) is 22.2 Å². The van der Waals surface area contributed by atoms with E-state index >= 15 is 0 Å². The van der Waals surface area contributed by atoms with Gasteiger partial charge in [0, 0.05) is 11.1 Å². The number of nitrogens with one attached hydrogen (secondary N) is 1. The molecule has 0 aliphatic carbocycles. The highest BCUT2D eigenvalue weighted by atomic mass is 16.5. The minimum absolute atomic E-state index is 0.241. The van der Waals surface area contributed by atoms with Crippen molar-refractivity contribution in [2.24, 2.45) is 0 Å². The second-order valence-electron chi connectivity index (χ2n) is 6.27. The number of benzene rings is 1.